The number of benzene rings is 2. The molecule has 1 N–H and O–H groups in total. The molecule has 2 aliphatic rings. The number of nitrogens with one attached hydrogen (secondary N) is 1. The Morgan fingerprint density at radius 2 is 1.72 bits per heavy atom. The van der Waals surface area contributed by atoms with E-state index in [-0.39, 0.29) is 12.1 Å². The molecule has 6 rings (SSSR count). The molecule has 0 radical (unpaired) electrons. The van der Waals surface area contributed by atoms with Gasteiger partial charge in [-0.1, -0.05) is 31.2 Å². The second-order valence-corrected chi connectivity index (χ2v) is 11.0. The number of thiocarbonyl (C=S) groups is 1. The van der Waals surface area contributed by atoms with Crippen molar-refractivity contribution >= 4 is 23.0 Å². The molecule has 2 fully saturated rings. The number of aromatic nitrogens is 2. The Balaban J connectivity index is 1.42. The first kappa shape index (κ1) is 25.6. The minimum absolute atomic E-state index is 0.0530. The average Bonchev–Trinajstić information content (AvgIpc) is 3.67. The second kappa shape index (κ2) is 10.9. The van der Waals surface area contributed by atoms with E-state index >= 15 is 0 Å². The number of ether oxygens (including phenoxy) is 1. The van der Waals surface area contributed by atoms with Gasteiger partial charge < -0.3 is 19.5 Å². The summed E-state index contributed by atoms with van der Waals surface area (Å²) in [5.74, 6) is 0.927. The molecule has 39 heavy (non-hydrogen) atoms. The molecule has 3 heterocycles. The number of hydrogen-bond donors (Lipinski definition) is 1. The Morgan fingerprint density at radius 3 is 2.44 bits per heavy atom. The highest BCUT2D eigenvalue weighted by Gasteiger charge is 2.42. The zero-order valence-electron chi connectivity index (χ0n) is 22.9. The van der Waals surface area contributed by atoms with Crippen molar-refractivity contribution in [1.82, 2.24) is 14.9 Å². The molecule has 5 nitrogen and oxygen atoms in total. The summed E-state index contributed by atoms with van der Waals surface area (Å²) in [4.78, 5) is 7.00. The SMILES string of the molecule is CCc1ccccc1-n1c(C)cc([C@H]2[C@H](c3ccccn3)NC(=S)N2c2ccc(OC3CCCC3)cc2)c1C. The van der Waals surface area contributed by atoms with Crippen molar-refractivity contribution in [1.29, 1.82) is 0 Å². The lowest BCUT2D eigenvalue weighted by atomic mass is 9.96. The van der Waals surface area contributed by atoms with Crippen LogP contribution in [0.3, 0.4) is 0 Å². The first-order valence-electron chi connectivity index (χ1n) is 14.1. The Hall–Kier alpha value is -3.64. The highest BCUT2D eigenvalue weighted by atomic mass is 32.1. The maximum atomic E-state index is 6.25. The summed E-state index contributed by atoms with van der Waals surface area (Å²) in [5.41, 5.74) is 8.28. The molecule has 2 atom stereocenters. The predicted octanol–water partition coefficient (Wildman–Crippen LogP) is 7.55. The van der Waals surface area contributed by atoms with E-state index in [0.717, 1.165) is 36.4 Å². The fraction of sp³-hybridized carbons (Fsp3) is 0.333. The van der Waals surface area contributed by atoms with Gasteiger partial charge in [-0.25, -0.2) is 0 Å². The Bertz CT molecular complexity index is 1460. The first-order chi connectivity index (χ1) is 19.0. The molecule has 0 unspecified atom stereocenters. The highest BCUT2D eigenvalue weighted by Crippen LogP contribution is 2.44. The smallest absolute Gasteiger partial charge is 0.174 e. The van der Waals surface area contributed by atoms with Crippen LogP contribution in [-0.2, 0) is 6.42 Å². The fourth-order valence-corrected chi connectivity index (χ4v) is 6.66. The lowest BCUT2D eigenvalue weighted by Gasteiger charge is -2.28. The molecular formula is C33H36N4OS. The molecule has 0 bridgehead atoms. The Labute approximate surface area is 236 Å². The van der Waals surface area contributed by atoms with Crippen molar-refractivity contribution in [2.45, 2.75) is 71.1 Å². The quantitative estimate of drug-likeness (QED) is 0.247. The molecule has 6 heteroatoms. The van der Waals surface area contributed by atoms with Crippen LogP contribution in [0.25, 0.3) is 5.69 Å². The van der Waals surface area contributed by atoms with Gasteiger partial charge in [0.1, 0.15) is 5.75 Å². The summed E-state index contributed by atoms with van der Waals surface area (Å²) >= 11 is 5.99. The molecule has 1 aliphatic heterocycles. The predicted molar refractivity (Wildman–Crippen MR) is 162 cm³/mol. The summed E-state index contributed by atoms with van der Waals surface area (Å²) in [6, 6.07) is 25.4. The first-order valence-corrected chi connectivity index (χ1v) is 14.5. The number of aryl methyl sites for hydroxylation is 2. The lowest BCUT2D eigenvalue weighted by Crippen LogP contribution is -2.29. The van der Waals surface area contributed by atoms with Gasteiger partial charge >= 0.3 is 0 Å². The molecule has 4 aromatic rings. The fourth-order valence-electron chi connectivity index (χ4n) is 6.32. The van der Waals surface area contributed by atoms with Gasteiger partial charge in [0.15, 0.2) is 5.11 Å². The van der Waals surface area contributed by atoms with E-state index in [1.807, 2.05) is 18.3 Å². The van der Waals surface area contributed by atoms with E-state index in [0.29, 0.717) is 11.2 Å². The summed E-state index contributed by atoms with van der Waals surface area (Å²) in [7, 11) is 0. The van der Waals surface area contributed by atoms with E-state index in [1.165, 1.54) is 41.0 Å². The minimum atomic E-state index is -0.0801. The molecular weight excluding hydrogens is 500 g/mol. The van der Waals surface area contributed by atoms with Gasteiger partial charge in [-0.3, -0.25) is 4.98 Å². The third-order valence-electron chi connectivity index (χ3n) is 8.22. The average molecular weight is 537 g/mol. The third-order valence-corrected chi connectivity index (χ3v) is 8.53. The Kier molecular flexibility index (Phi) is 7.13. The van der Waals surface area contributed by atoms with Crippen molar-refractivity contribution in [3.8, 4) is 11.4 Å². The van der Waals surface area contributed by atoms with Gasteiger partial charge in [-0.15, -0.1) is 0 Å². The second-order valence-electron chi connectivity index (χ2n) is 10.7. The van der Waals surface area contributed by atoms with Crippen LogP contribution >= 0.6 is 12.2 Å². The number of anilines is 1. The van der Waals surface area contributed by atoms with Crippen LogP contribution in [0.1, 0.15) is 72.9 Å². The zero-order valence-corrected chi connectivity index (χ0v) is 23.7. The van der Waals surface area contributed by atoms with Crippen LogP contribution in [-0.4, -0.2) is 20.8 Å². The van der Waals surface area contributed by atoms with Crippen LogP contribution < -0.4 is 15.0 Å². The topological polar surface area (TPSA) is 42.3 Å². The molecule has 1 saturated heterocycles. The molecule has 0 spiro atoms. The van der Waals surface area contributed by atoms with Crippen LogP contribution in [0.4, 0.5) is 5.69 Å². The number of rotatable bonds is 7. The van der Waals surface area contributed by atoms with Gasteiger partial charge in [-0.05, 0) is 118 Å². The van der Waals surface area contributed by atoms with Crippen molar-refractivity contribution in [3.05, 3.63) is 107 Å². The molecule has 2 aromatic carbocycles. The van der Waals surface area contributed by atoms with E-state index in [2.05, 4.69) is 96.2 Å². The van der Waals surface area contributed by atoms with Crippen LogP contribution in [0.2, 0.25) is 0 Å². The molecule has 200 valence electrons. The maximum Gasteiger partial charge on any atom is 0.174 e. The van der Waals surface area contributed by atoms with Crippen molar-refractivity contribution in [2.75, 3.05) is 4.90 Å². The van der Waals surface area contributed by atoms with Crippen molar-refractivity contribution in [3.63, 3.8) is 0 Å². The number of hydrogen-bond acceptors (Lipinski definition) is 3. The standard InChI is InChI=1S/C33H36N4OS/c1-4-24-11-5-8-15-30(24)36-22(2)21-28(23(36)3)32-31(29-14-9-10-20-34-29)35-33(39)37(32)25-16-18-27(19-17-25)38-26-12-6-7-13-26/h5,8-11,14-21,26,31-32H,4,6-7,12-13H2,1-3H3,(H,35,39)/t31-,32-/m0/s1. The number of nitrogens with zero attached hydrogens (tertiary/aromatic N) is 3. The van der Waals surface area contributed by atoms with Crippen molar-refractivity contribution < 1.29 is 4.74 Å². The minimum Gasteiger partial charge on any atom is -0.490 e. The van der Waals surface area contributed by atoms with Gasteiger partial charge in [0.2, 0.25) is 0 Å². The van der Waals surface area contributed by atoms with Crippen molar-refractivity contribution in [2.24, 2.45) is 0 Å². The molecule has 1 aliphatic carbocycles. The summed E-state index contributed by atoms with van der Waals surface area (Å²) in [6.45, 7) is 6.63. The van der Waals surface area contributed by atoms with Crippen LogP contribution in [0.5, 0.6) is 5.75 Å². The molecule has 2 aromatic heterocycles. The number of para-hydroxylation sites is 1. The van der Waals surface area contributed by atoms with E-state index in [1.54, 1.807) is 0 Å². The van der Waals surface area contributed by atoms with E-state index < -0.39 is 0 Å². The monoisotopic (exact) mass is 536 g/mol. The van der Waals surface area contributed by atoms with Gasteiger partial charge in [-0.2, -0.15) is 0 Å². The molecule has 1 saturated carbocycles. The lowest BCUT2D eigenvalue weighted by molar-refractivity contribution is 0.210. The third kappa shape index (κ3) is 4.82. The number of pyridine rings is 1. The molecule has 0 amide bonds. The summed E-state index contributed by atoms with van der Waals surface area (Å²) < 4.78 is 8.64. The van der Waals surface area contributed by atoms with E-state index in [9.17, 15) is 0 Å². The normalized spacial score (nSPS) is 19.5. The Morgan fingerprint density at radius 1 is 0.974 bits per heavy atom. The summed E-state index contributed by atoms with van der Waals surface area (Å²) in [5, 5.41) is 4.32. The maximum absolute atomic E-state index is 6.25. The van der Waals surface area contributed by atoms with Gasteiger partial charge in [0, 0.05) is 29.0 Å². The van der Waals surface area contributed by atoms with Gasteiger partial charge in [0.25, 0.3) is 0 Å². The summed E-state index contributed by atoms with van der Waals surface area (Å²) in [6.07, 6.45) is 7.98. The van der Waals surface area contributed by atoms with Gasteiger partial charge in [0.05, 0.1) is 23.9 Å². The van der Waals surface area contributed by atoms with E-state index in [4.69, 9.17) is 21.9 Å². The van der Waals surface area contributed by atoms with Crippen LogP contribution in [0.15, 0.2) is 79.0 Å². The largest absolute Gasteiger partial charge is 0.490 e. The highest BCUT2D eigenvalue weighted by molar-refractivity contribution is 7.80. The van der Waals surface area contributed by atoms with Crippen LogP contribution in [0, 0.1) is 13.8 Å². The zero-order chi connectivity index (χ0) is 26.9.